The average molecular weight is 364 g/mol. The van der Waals surface area contributed by atoms with Crippen LogP contribution < -0.4 is 10.6 Å². The molecule has 0 spiro atoms. The summed E-state index contributed by atoms with van der Waals surface area (Å²) in [7, 11) is 0. The third-order valence-corrected chi connectivity index (χ3v) is 5.31. The number of hydrogen-bond donors (Lipinski definition) is 2. The van der Waals surface area contributed by atoms with Crippen LogP contribution in [0.4, 0.5) is 5.69 Å². The van der Waals surface area contributed by atoms with E-state index in [2.05, 4.69) is 22.5 Å². The van der Waals surface area contributed by atoms with Crippen molar-refractivity contribution in [2.24, 2.45) is 11.8 Å². The Morgan fingerprint density at radius 2 is 2.08 bits per heavy atom. The van der Waals surface area contributed by atoms with Gasteiger partial charge in [0.15, 0.2) is 11.5 Å². The Morgan fingerprint density at radius 3 is 2.80 bits per heavy atom. The maximum Gasteiger partial charge on any atom is 0.224 e. The minimum absolute atomic E-state index is 0. The van der Waals surface area contributed by atoms with Gasteiger partial charge in [-0.05, 0) is 62.7 Å². The van der Waals surface area contributed by atoms with Crippen molar-refractivity contribution in [1.29, 1.82) is 0 Å². The van der Waals surface area contributed by atoms with Gasteiger partial charge in [0.2, 0.25) is 5.91 Å². The highest BCUT2D eigenvalue weighted by atomic mass is 35.5. The quantitative estimate of drug-likeness (QED) is 0.839. The summed E-state index contributed by atoms with van der Waals surface area (Å²) in [6.45, 7) is 4.33. The number of carbonyl (C=O) groups excluding carboxylic acids is 1. The van der Waals surface area contributed by atoms with Gasteiger partial charge in [-0.2, -0.15) is 0 Å². The number of piperidine rings is 1. The van der Waals surface area contributed by atoms with Crippen LogP contribution in [0.15, 0.2) is 22.6 Å². The highest BCUT2D eigenvalue weighted by Crippen LogP contribution is 2.40. The Labute approximate surface area is 154 Å². The van der Waals surface area contributed by atoms with Gasteiger partial charge < -0.3 is 15.1 Å². The fraction of sp³-hybridized carbons (Fsp3) is 0.579. The molecule has 1 amide bonds. The summed E-state index contributed by atoms with van der Waals surface area (Å²) in [5.74, 6) is 2.49. The lowest BCUT2D eigenvalue weighted by Crippen LogP contribution is -2.32. The normalized spacial score (nSPS) is 19.4. The fourth-order valence-corrected chi connectivity index (χ4v) is 3.61. The zero-order valence-corrected chi connectivity index (χ0v) is 15.4. The summed E-state index contributed by atoms with van der Waals surface area (Å²) in [6.07, 6.45) is 5.26. The molecule has 2 fully saturated rings. The summed E-state index contributed by atoms with van der Waals surface area (Å²) in [5, 5.41) is 6.39. The third kappa shape index (κ3) is 4.33. The van der Waals surface area contributed by atoms with Gasteiger partial charge in [0.25, 0.3) is 0 Å². The van der Waals surface area contributed by atoms with E-state index in [9.17, 15) is 4.79 Å². The molecule has 2 heterocycles. The lowest BCUT2D eigenvalue weighted by Gasteiger charge is -2.27. The monoisotopic (exact) mass is 363 g/mol. The Morgan fingerprint density at radius 1 is 1.32 bits per heavy atom. The van der Waals surface area contributed by atoms with Crippen LogP contribution in [0.25, 0.3) is 11.1 Å². The van der Waals surface area contributed by atoms with Crippen molar-refractivity contribution in [3.63, 3.8) is 0 Å². The molecule has 1 aromatic heterocycles. The number of fused-ring (bicyclic) bond motifs is 1. The topological polar surface area (TPSA) is 67.2 Å². The van der Waals surface area contributed by atoms with Crippen molar-refractivity contribution >= 4 is 35.1 Å². The number of anilines is 1. The fourth-order valence-electron chi connectivity index (χ4n) is 3.61. The molecule has 1 saturated carbocycles. The molecule has 6 heteroatoms. The zero-order chi connectivity index (χ0) is 16.5. The SMILES string of the molecule is CC(CC(=O)Nc1ccc2nc(C3CC3)oc2c1)C1CCNCC1.Cl. The number of hydrogen-bond acceptors (Lipinski definition) is 4. The lowest BCUT2D eigenvalue weighted by molar-refractivity contribution is -0.117. The van der Waals surface area contributed by atoms with E-state index in [1.54, 1.807) is 0 Å². The lowest BCUT2D eigenvalue weighted by atomic mass is 9.84. The molecule has 1 unspecified atom stereocenters. The predicted octanol–water partition coefficient (Wildman–Crippen LogP) is 4.09. The van der Waals surface area contributed by atoms with Crippen LogP contribution in [0.3, 0.4) is 0 Å². The summed E-state index contributed by atoms with van der Waals surface area (Å²) >= 11 is 0. The van der Waals surface area contributed by atoms with Crippen molar-refractivity contribution in [2.45, 2.75) is 44.9 Å². The minimum atomic E-state index is 0. The smallest absolute Gasteiger partial charge is 0.224 e. The standard InChI is InChI=1S/C19H25N3O2.ClH/c1-12(13-6-8-20-9-7-13)10-18(23)21-15-4-5-16-17(11-15)24-19(22-16)14-2-3-14;/h4-5,11-14,20H,2-3,6-10H2,1H3,(H,21,23);1H. The Bertz CT molecular complexity index is 735. The number of nitrogens with one attached hydrogen (secondary N) is 2. The summed E-state index contributed by atoms with van der Waals surface area (Å²) < 4.78 is 5.82. The van der Waals surface area contributed by atoms with Crippen LogP contribution >= 0.6 is 12.4 Å². The summed E-state index contributed by atoms with van der Waals surface area (Å²) in [4.78, 5) is 16.9. The van der Waals surface area contributed by atoms with E-state index >= 15 is 0 Å². The van der Waals surface area contributed by atoms with Crippen molar-refractivity contribution < 1.29 is 9.21 Å². The number of rotatable bonds is 5. The third-order valence-electron chi connectivity index (χ3n) is 5.31. The molecule has 2 N–H and O–H groups in total. The van der Waals surface area contributed by atoms with Gasteiger partial charge in [0.05, 0.1) is 0 Å². The van der Waals surface area contributed by atoms with Gasteiger partial charge in [-0.3, -0.25) is 4.79 Å². The Kier molecular flexibility index (Phi) is 5.64. The van der Waals surface area contributed by atoms with Crippen LogP contribution in [-0.2, 0) is 4.79 Å². The molecule has 4 rings (SSSR count). The summed E-state index contributed by atoms with van der Waals surface area (Å²) in [6, 6.07) is 5.73. The number of amides is 1. The first-order valence-corrected chi connectivity index (χ1v) is 9.10. The van der Waals surface area contributed by atoms with Crippen LogP contribution in [-0.4, -0.2) is 24.0 Å². The van der Waals surface area contributed by atoms with E-state index in [0.29, 0.717) is 24.2 Å². The van der Waals surface area contributed by atoms with Crippen LogP contribution in [0.5, 0.6) is 0 Å². The second-order valence-electron chi connectivity index (χ2n) is 7.33. The van der Waals surface area contributed by atoms with Gasteiger partial charge in [-0.15, -0.1) is 12.4 Å². The van der Waals surface area contributed by atoms with Gasteiger partial charge in [-0.1, -0.05) is 6.92 Å². The maximum atomic E-state index is 12.4. The molecule has 5 nitrogen and oxygen atoms in total. The predicted molar refractivity (Wildman–Crippen MR) is 101 cm³/mol. The second-order valence-corrected chi connectivity index (χ2v) is 7.33. The van der Waals surface area contributed by atoms with Gasteiger partial charge >= 0.3 is 0 Å². The number of benzene rings is 1. The highest BCUT2D eigenvalue weighted by Gasteiger charge is 2.29. The van der Waals surface area contributed by atoms with E-state index in [-0.39, 0.29) is 18.3 Å². The van der Waals surface area contributed by atoms with Crippen molar-refractivity contribution in [1.82, 2.24) is 10.3 Å². The molecule has 0 bridgehead atoms. The Balaban J connectivity index is 0.00000182. The molecule has 1 aliphatic carbocycles. The van der Waals surface area contributed by atoms with E-state index in [1.807, 2.05) is 18.2 Å². The van der Waals surface area contributed by atoms with E-state index in [0.717, 1.165) is 35.8 Å². The molecule has 1 aromatic carbocycles. The number of aromatic nitrogens is 1. The molecule has 1 aliphatic heterocycles. The number of nitrogens with zero attached hydrogens (tertiary/aromatic N) is 1. The first-order valence-electron chi connectivity index (χ1n) is 9.10. The zero-order valence-electron chi connectivity index (χ0n) is 14.6. The molecule has 136 valence electrons. The first-order chi connectivity index (χ1) is 11.7. The number of oxazole rings is 1. The summed E-state index contributed by atoms with van der Waals surface area (Å²) in [5.41, 5.74) is 2.43. The Hall–Kier alpha value is -1.59. The minimum Gasteiger partial charge on any atom is -0.440 e. The molecular formula is C19H26ClN3O2. The molecule has 1 saturated heterocycles. The van der Waals surface area contributed by atoms with Crippen molar-refractivity contribution in [3.8, 4) is 0 Å². The van der Waals surface area contributed by atoms with Crippen LogP contribution in [0, 0.1) is 11.8 Å². The molecule has 2 aliphatic rings. The van der Waals surface area contributed by atoms with E-state index < -0.39 is 0 Å². The molecular weight excluding hydrogens is 338 g/mol. The van der Waals surface area contributed by atoms with Crippen LogP contribution in [0.1, 0.15) is 50.8 Å². The molecule has 1 atom stereocenters. The molecule has 2 aromatic rings. The van der Waals surface area contributed by atoms with Gasteiger partial charge in [0.1, 0.15) is 5.52 Å². The average Bonchev–Trinajstić information content (AvgIpc) is 3.35. The second kappa shape index (κ2) is 7.75. The van der Waals surface area contributed by atoms with E-state index in [1.165, 1.54) is 25.7 Å². The largest absolute Gasteiger partial charge is 0.440 e. The van der Waals surface area contributed by atoms with Crippen molar-refractivity contribution in [2.75, 3.05) is 18.4 Å². The molecule has 0 radical (unpaired) electrons. The van der Waals surface area contributed by atoms with Gasteiger partial charge in [0, 0.05) is 24.1 Å². The van der Waals surface area contributed by atoms with E-state index in [4.69, 9.17) is 4.42 Å². The number of carbonyl (C=O) groups is 1. The highest BCUT2D eigenvalue weighted by molar-refractivity contribution is 5.92. The maximum absolute atomic E-state index is 12.4. The van der Waals surface area contributed by atoms with Crippen LogP contribution in [0.2, 0.25) is 0 Å². The molecule has 25 heavy (non-hydrogen) atoms. The first kappa shape index (κ1) is 18.2. The van der Waals surface area contributed by atoms with Crippen molar-refractivity contribution in [3.05, 3.63) is 24.1 Å². The van der Waals surface area contributed by atoms with Gasteiger partial charge in [-0.25, -0.2) is 4.98 Å². The number of halogens is 1.